The highest BCUT2D eigenvalue weighted by Gasteiger charge is 2.23. The van der Waals surface area contributed by atoms with Crippen LogP contribution in [-0.2, 0) is 11.0 Å². The Balaban J connectivity index is 0.00000132. The van der Waals surface area contributed by atoms with Gasteiger partial charge in [-0.25, -0.2) is 13.0 Å². The summed E-state index contributed by atoms with van der Waals surface area (Å²) in [6, 6.07) is 10.5. The Morgan fingerprint density at radius 2 is 1.87 bits per heavy atom. The summed E-state index contributed by atoms with van der Waals surface area (Å²) in [4.78, 5) is 0.567. The van der Waals surface area contributed by atoms with E-state index in [9.17, 15) is 13.0 Å². The van der Waals surface area contributed by atoms with E-state index in [0.29, 0.717) is 21.7 Å². The van der Waals surface area contributed by atoms with Gasteiger partial charge in [-0.2, -0.15) is 0 Å². The molecule has 1 aliphatic rings. The highest BCUT2D eigenvalue weighted by molar-refractivity contribution is 9.10. The summed E-state index contributed by atoms with van der Waals surface area (Å²) in [5, 5.41) is 3.75. The molecule has 0 bridgehead atoms. The van der Waals surface area contributed by atoms with Gasteiger partial charge in [0.2, 0.25) is 0 Å². The number of nitrogens with zero attached hydrogens (tertiary/aromatic N) is 1. The van der Waals surface area contributed by atoms with Crippen LogP contribution in [0.4, 0.5) is 8.78 Å². The van der Waals surface area contributed by atoms with Crippen LogP contribution in [0.15, 0.2) is 52.0 Å². The minimum absolute atomic E-state index is 0.118. The first-order valence-corrected chi connectivity index (χ1v) is 12.3. The summed E-state index contributed by atoms with van der Waals surface area (Å²) in [6.07, 6.45) is 0.604. The van der Waals surface area contributed by atoms with Gasteiger partial charge in [0.25, 0.3) is 6.43 Å². The van der Waals surface area contributed by atoms with E-state index in [1.165, 1.54) is 10.2 Å². The average molecular weight is 513 g/mol. The molecule has 8 heteroatoms. The van der Waals surface area contributed by atoms with Crippen molar-refractivity contribution in [2.45, 2.75) is 43.9 Å². The van der Waals surface area contributed by atoms with Crippen molar-refractivity contribution in [3.8, 4) is 5.75 Å². The zero-order chi connectivity index (χ0) is 22.5. The molecule has 1 atom stereocenters. The van der Waals surface area contributed by atoms with E-state index in [-0.39, 0.29) is 5.56 Å². The lowest BCUT2D eigenvalue weighted by Crippen LogP contribution is -2.26. The second-order valence-electron chi connectivity index (χ2n) is 7.05. The van der Waals surface area contributed by atoms with Crippen LogP contribution in [0.2, 0.25) is 0 Å². The Bertz CT molecular complexity index is 1070. The maximum Gasteiger partial charge on any atom is 0.265 e. The van der Waals surface area contributed by atoms with Gasteiger partial charge in [-0.1, -0.05) is 35.8 Å². The topological polar surface area (TPSA) is 43.3 Å². The highest BCUT2D eigenvalue weighted by Crippen LogP contribution is 2.36. The molecule has 2 aromatic carbocycles. The van der Waals surface area contributed by atoms with Crippen molar-refractivity contribution in [3.63, 3.8) is 0 Å². The van der Waals surface area contributed by atoms with Crippen molar-refractivity contribution in [1.82, 2.24) is 9.29 Å². The third-order valence-electron chi connectivity index (χ3n) is 5.36. The Morgan fingerprint density at radius 1 is 1.16 bits per heavy atom. The van der Waals surface area contributed by atoms with Crippen LogP contribution in [0.5, 0.6) is 5.75 Å². The monoisotopic (exact) mass is 512 g/mol. The third kappa shape index (κ3) is 5.02. The molecule has 3 aromatic rings. The molecule has 1 saturated heterocycles. The number of alkyl halides is 2. The highest BCUT2D eigenvalue weighted by atomic mass is 79.9. The second-order valence-corrected chi connectivity index (χ2v) is 9.33. The van der Waals surface area contributed by atoms with E-state index in [4.69, 9.17) is 4.74 Å². The molecule has 4 rings (SSSR count). The second kappa shape index (κ2) is 10.7. The predicted octanol–water partition coefficient (Wildman–Crippen LogP) is 6.41. The molecule has 1 fully saturated rings. The standard InChI is InChI=1S/C21H21BrF2N2O2S.C2H6/c1-28-20-5-3-15(11-17(20)13-6-8-25-9-7-13)29(27)26-12-18(21(23)24)16-4-2-14(22)10-19(16)26;1-2/h2-5,10-13,21,25H,6-9H2,1H3;1-2H3. The molecule has 1 aromatic heterocycles. The van der Waals surface area contributed by atoms with Gasteiger partial charge in [0.05, 0.1) is 17.5 Å². The fourth-order valence-corrected chi connectivity index (χ4v) is 5.42. The Morgan fingerprint density at radius 3 is 2.52 bits per heavy atom. The SMILES string of the molecule is CC.COc1ccc(S(=O)n2cc(C(F)F)c3ccc(Br)cc32)cc1C1CCNCC1. The Hall–Kier alpha value is -1.77. The summed E-state index contributed by atoms with van der Waals surface area (Å²) >= 11 is 3.38. The van der Waals surface area contributed by atoms with Gasteiger partial charge in [-0.05, 0) is 67.7 Å². The summed E-state index contributed by atoms with van der Waals surface area (Å²) in [5.41, 5.74) is 1.41. The van der Waals surface area contributed by atoms with Crippen LogP contribution in [-0.4, -0.2) is 28.4 Å². The average Bonchev–Trinajstić information content (AvgIpc) is 3.19. The van der Waals surface area contributed by atoms with E-state index in [2.05, 4.69) is 21.2 Å². The molecule has 168 valence electrons. The molecule has 31 heavy (non-hydrogen) atoms. The van der Waals surface area contributed by atoms with Gasteiger partial charge in [-0.3, -0.25) is 3.97 Å². The zero-order valence-electron chi connectivity index (χ0n) is 17.8. The van der Waals surface area contributed by atoms with E-state index in [0.717, 1.165) is 41.7 Å². The molecule has 0 spiro atoms. The molecular weight excluding hydrogens is 486 g/mol. The minimum Gasteiger partial charge on any atom is -0.496 e. The molecule has 4 nitrogen and oxygen atoms in total. The third-order valence-corrected chi connectivity index (χ3v) is 7.17. The Kier molecular flexibility index (Phi) is 8.24. The van der Waals surface area contributed by atoms with E-state index in [1.807, 2.05) is 26.0 Å². The summed E-state index contributed by atoms with van der Waals surface area (Å²) in [5.74, 6) is 1.08. The molecule has 1 unspecified atom stereocenters. The number of halogens is 3. The van der Waals surface area contributed by atoms with Crippen molar-refractivity contribution in [1.29, 1.82) is 0 Å². The van der Waals surface area contributed by atoms with Crippen LogP contribution >= 0.6 is 15.9 Å². The smallest absolute Gasteiger partial charge is 0.265 e. The first-order chi connectivity index (χ1) is 15.0. The van der Waals surface area contributed by atoms with Gasteiger partial charge < -0.3 is 10.1 Å². The van der Waals surface area contributed by atoms with Gasteiger partial charge in [0, 0.05) is 21.6 Å². The lowest BCUT2D eigenvalue weighted by atomic mass is 9.89. The summed E-state index contributed by atoms with van der Waals surface area (Å²) in [7, 11) is -0.0316. The fraction of sp³-hybridized carbons (Fsp3) is 0.391. The van der Waals surface area contributed by atoms with Gasteiger partial charge >= 0.3 is 0 Å². The lowest BCUT2D eigenvalue weighted by molar-refractivity contribution is 0.153. The lowest BCUT2D eigenvalue weighted by Gasteiger charge is -2.25. The number of hydrogen-bond donors (Lipinski definition) is 1. The van der Waals surface area contributed by atoms with E-state index < -0.39 is 17.4 Å². The number of nitrogens with one attached hydrogen (secondary N) is 1. The van der Waals surface area contributed by atoms with Crippen LogP contribution in [0.1, 0.15) is 50.2 Å². The van der Waals surface area contributed by atoms with Crippen molar-refractivity contribution in [2.75, 3.05) is 20.2 Å². The van der Waals surface area contributed by atoms with Gasteiger partial charge in [-0.15, -0.1) is 0 Å². The minimum atomic E-state index is -2.64. The number of benzene rings is 2. The van der Waals surface area contributed by atoms with Crippen LogP contribution < -0.4 is 10.1 Å². The number of methoxy groups -OCH3 is 1. The quantitative estimate of drug-likeness (QED) is 0.429. The largest absolute Gasteiger partial charge is 0.496 e. The predicted molar refractivity (Wildman–Crippen MR) is 126 cm³/mol. The number of aromatic nitrogens is 1. The van der Waals surface area contributed by atoms with Crippen LogP contribution in [0, 0.1) is 0 Å². The first-order valence-electron chi connectivity index (χ1n) is 10.4. The van der Waals surface area contributed by atoms with E-state index in [1.54, 1.807) is 31.4 Å². The maximum atomic E-state index is 13.5. The zero-order valence-corrected chi connectivity index (χ0v) is 20.2. The van der Waals surface area contributed by atoms with Crippen molar-refractivity contribution in [2.24, 2.45) is 0 Å². The number of rotatable bonds is 5. The van der Waals surface area contributed by atoms with Gasteiger partial charge in [0.1, 0.15) is 5.75 Å². The molecule has 1 aliphatic heterocycles. The molecular formula is C23H27BrF2N2O2S. The molecule has 0 saturated carbocycles. The summed E-state index contributed by atoms with van der Waals surface area (Å²) in [6.45, 7) is 5.85. The number of fused-ring (bicyclic) bond motifs is 1. The fourth-order valence-electron chi connectivity index (χ4n) is 3.89. The van der Waals surface area contributed by atoms with Crippen LogP contribution in [0.25, 0.3) is 10.9 Å². The van der Waals surface area contributed by atoms with Crippen molar-refractivity contribution in [3.05, 3.63) is 58.2 Å². The van der Waals surface area contributed by atoms with Crippen LogP contribution in [0.3, 0.4) is 0 Å². The summed E-state index contributed by atoms with van der Waals surface area (Å²) < 4.78 is 48.2. The molecule has 0 aliphatic carbocycles. The molecule has 2 heterocycles. The Labute approximate surface area is 192 Å². The normalized spacial score (nSPS) is 15.6. The first kappa shape index (κ1) is 23.9. The number of hydrogen-bond acceptors (Lipinski definition) is 3. The molecule has 0 radical (unpaired) electrons. The molecule has 0 amide bonds. The van der Waals surface area contributed by atoms with E-state index >= 15 is 0 Å². The number of ether oxygens (including phenoxy) is 1. The van der Waals surface area contributed by atoms with Gasteiger partial charge in [0.15, 0.2) is 11.0 Å². The number of piperidine rings is 1. The van der Waals surface area contributed by atoms with Crippen molar-refractivity contribution < 1.29 is 17.7 Å². The maximum absolute atomic E-state index is 13.5. The molecule has 1 N–H and O–H groups in total. The van der Waals surface area contributed by atoms with Crippen molar-refractivity contribution >= 4 is 37.8 Å².